The van der Waals surface area contributed by atoms with Gasteiger partial charge in [0.15, 0.2) is 0 Å². The van der Waals surface area contributed by atoms with Crippen LogP contribution < -0.4 is 4.90 Å². The topological polar surface area (TPSA) is 22.6 Å². The Balaban J connectivity index is 1.52. The first-order valence-corrected chi connectivity index (χ1v) is 9.34. The van der Waals surface area contributed by atoms with E-state index in [9.17, 15) is 4.39 Å². The van der Waals surface area contributed by atoms with Gasteiger partial charge in [0.05, 0.1) is 5.52 Å². The number of halogens is 1. The predicted octanol–water partition coefficient (Wildman–Crippen LogP) is 2.90. The van der Waals surface area contributed by atoms with Crippen LogP contribution in [0.5, 0.6) is 0 Å². The number of fused-ring (bicyclic) bond motifs is 1. The van der Waals surface area contributed by atoms with E-state index in [1.54, 1.807) is 12.1 Å². The monoisotopic (exact) mass is 342 g/mol. The third kappa shape index (κ3) is 3.48. The number of piperazine rings is 1. The van der Waals surface area contributed by atoms with Gasteiger partial charge < -0.3 is 9.80 Å². The van der Waals surface area contributed by atoms with Crippen LogP contribution in [-0.2, 0) is 0 Å². The molecule has 2 aliphatic heterocycles. The Morgan fingerprint density at radius 3 is 2.64 bits per heavy atom. The SMILES string of the molecule is Cc1cc(N2CCN(C3CCCN(C)C3)CC2)c2cc(F)ccc2n1. The number of hydrogen-bond acceptors (Lipinski definition) is 4. The number of benzene rings is 1. The molecular formula is C20H27FN4. The van der Waals surface area contributed by atoms with E-state index in [0.29, 0.717) is 6.04 Å². The minimum atomic E-state index is -0.191. The van der Waals surface area contributed by atoms with Crippen molar-refractivity contribution in [3.05, 3.63) is 35.8 Å². The van der Waals surface area contributed by atoms with Crippen molar-refractivity contribution in [3.63, 3.8) is 0 Å². The summed E-state index contributed by atoms with van der Waals surface area (Å²) in [4.78, 5) is 12.1. The van der Waals surface area contributed by atoms with Crippen LogP contribution in [0.15, 0.2) is 24.3 Å². The molecule has 2 fully saturated rings. The second-order valence-corrected chi connectivity index (χ2v) is 7.53. The Morgan fingerprint density at radius 1 is 1.08 bits per heavy atom. The zero-order chi connectivity index (χ0) is 17.4. The van der Waals surface area contributed by atoms with Crippen LogP contribution >= 0.6 is 0 Å². The van der Waals surface area contributed by atoms with E-state index in [1.807, 2.05) is 6.92 Å². The fourth-order valence-electron chi connectivity index (χ4n) is 4.34. The highest BCUT2D eigenvalue weighted by atomic mass is 19.1. The number of likely N-dealkylation sites (tertiary alicyclic amines) is 1. The zero-order valence-electron chi connectivity index (χ0n) is 15.2. The summed E-state index contributed by atoms with van der Waals surface area (Å²) in [7, 11) is 2.23. The second kappa shape index (κ2) is 6.89. The summed E-state index contributed by atoms with van der Waals surface area (Å²) in [5.74, 6) is -0.191. The third-order valence-electron chi connectivity index (χ3n) is 5.65. The van der Waals surface area contributed by atoms with Crippen LogP contribution in [0.1, 0.15) is 18.5 Å². The first-order valence-electron chi connectivity index (χ1n) is 9.34. The smallest absolute Gasteiger partial charge is 0.124 e. The molecule has 0 radical (unpaired) electrons. The molecule has 4 rings (SSSR count). The minimum Gasteiger partial charge on any atom is -0.368 e. The number of piperidine rings is 1. The van der Waals surface area contributed by atoms with Crippen LogP contribution in [0, 0.1) is 12.7 Å². The molecule has 2 saturated heterocycles. The number of likely N-dealkylation sites (N-methyl/N-ethyl adjacent to an activating group) is 1. The van der Waals surface area contributed by atoms with Crippen molar-refractivity contribution in [1.29, 1.82) is 0 Å². The second-order valence-electron chi connectivity index (χ2n) is 7.53. The molecule has 0 bridgehead atoms. The van der Waals surface area contributed by atoms with Gasteiger partial charge in [0.1, 0.15) is 5.82 Å². The van der Waals surface area contributed by atoms with Crippen molar-refractivity contribution in [3.8, 4) is 0 Å². The van der Waals surface area contributed by atoms with E-state index in [2.05, 4.69) is 32.8 Å². The number of rotatable bonds is 2. The Labute approximate surface area is 149 Å². The molecule has 2 aromatic rings. The van der Waals surface area contributed by atoms with Gasteiger partial charge in [-0.05, 0) is 57.6 Å². The Hall–Kier alpha value is -1.72. The molecule has 2 aliphatic rings. The standard InChI is InChI=1S/C20H27FN4/c1-15-12-20(18-13-16(21)5-6-19(18)22-15)25-10-8-24(9-11-25)17-4-3-7-23(2)14-17/h5-6,12-13,17H,3-4,7-11,14H2,1-2H3. The number of anilines is 1. The molecule has 134 valence electrons. The minimum absolute atomic E-state index is 0.191. The number of pyridine rings is 1. The van der Waals surface area contributed by atoms with Crippen molar-refractivity contribution >= 4 is 16.6 Å². The van der Waals surface area contributed by atoms with E-state index < -0.39 is 0 Å². The fraction of sp³-hybridized carbons (Fsp3) is 0.550. The van der Waals surface area contributed by atoms with Gasteiger partial charge >= 0.3 is 0 Å². The number of nitrogens with zero attached hydrogens (tertiary/aromatic N) is 4. The maximum atomic E-state index is 13.8. The van der Waals surface area contributed by atoms with Crippen molar-refractivity contribution < 1.29 is 4.39 Å². The lowest BCUT2D eigenvalue weighted by Gasteiger charge is -2.43. The molecule has 25 heavy (non-hydrogen) atoms. The van der Waals surface area contributed by atoms with E-state index in [4.69, 9.17) is 0 Å². The van der Waals surface area contributed by atoms with Gasteiger partial charge in [0, 0.05) is 55.5 Å². The maximum Gasteiger partial charge on any atom is 0.124 e. The summed E-state index contributed by atoms with van der Waals surface area (Å²) in [5.41, 5.74) is 3.00. The van der Waals surface area contributed by atoms with Crippen LogP contribution in [0.2, 0.25) is 0 Å². The van der Waals surface area contributed by atoms with Gasteiger partial charge in [0.25, 0.3) is 0 Å². The summed E-state index contributed by atoms with van der Waals surface area (Å²) in [6.07, 6.45) is 2.61. The molecule has 1 aromatic carbocycles. The highest BCUT2D eigenvalue weighted by Gasteiger charge is 2.27. The maximum absolute atomic E-state index is 13.8. The average Bonchev–Trinajstić information content (AvgIpc) is 2.62. The van der Waals surface area contributed by atoms with Gasteiger partial charge in [-0.1, -0.05) is 0 Å². The normalized spacial score (nSPS) is 23.3. The van der Waals surface area contributed by atoms with Crippen LogP contribution in [0.3, 0.4) is 0 Å². The largest absolute Gasteiger partial charge is 0.368 e. The molecule has 0 amide bonds. The van der Waals surface area contributed by atoms with E-state index in [1.165, 1.54) is 32.0 Å². The predicted molar refractivity (Wildman–Crippen MR) is 101 cm³/mol. The van der Waals surface area contributed by atoms with E-state index in [-0.39, 0.29) is 5.82 Å². The first-order chi connectivity index (χ1) is 12.1. The van der Waals surface area contributed by atoms with Crippen LogP contribution in [-0.4, -0.2) is 67.1 Å². The summed E-state index contributed by atoms with van der Waals surface area (Å²) < 4.78 is 13.8. The molecular weight excluding hydrogens is 315 g/mol. The number of aryl methyl sites for hydroxylation is 1. The third-order valence-corrected chi connectivity index (χ3v) is 5.65. The van der Waals surface area contributed by atoms with Gasteiger partial charge in [-0.25, -0.2) is 4.39 Å². The van der Waals surface area contributed by atoms with Gasteiger partial charge in [-0.15, -0.1) is 0 Å². The lowest BCUT2D eigenvalue weighted by molar-refractivity contribution is 0.107. The highest BCUT2D eigenvalue weighted by molar-refractivity contribution is 5.92. The Morgan fingerprint density at radius 2 is 1.88 bits per heavy atom. The molecule has 5 heteroatoms. The molecule has 1 unspecified atom stereocenters. The van der Waals surface area contributed by atoms with Crippen molar-refractivity contribution in [1.82, 2.24) is 14.8 Å². The fourth-order valence-corrected chi connectivity index (χ4v) is 4.34. The van der Waals surface area contributed by atoms with E-state index in [0.717, 1.165) is 48.5 Å². The van der Waals surface area contributed by atoms with Crippen molar-refractivity contribution in [2.75, 3.05) is 51.2 Å². The van der Waals surface area contributed by atoms with Crippen molar-refractivity contribution in [2.24, 2.45) is 0 Å². The van der Waals surface area contributed by atoms with Gasteiger partial charge in [0.2, 0.25) is 0 Å². The lowest BCUT2D eigenvalue weighted by atomic mass is 10.0. The van der Waals surface area contributed by atoms with E-state index >= 15 is 0 Å². The Bertz CT molecular complexity index is 755. The number of aromatic nitrogens is 1. The molecule has 0 aliphatic carbocycles. The molecule has 1 aromatic heterocycles. The van der Waals surface area contributed by atoms with Crippen molar-refractivity contribution in [2.45, 2.75) is 25.8 Å². The summed E-state index contributed by atoms with van der Waals surface area (Å²) in [6.45, 7) is 8.57. The molecule has 3 heterocycles. The highest BCUT2D eigenvalue weighted by Crippen LogP contribution is 2.29. The van der Waals surface area contributed by atoms with Crippen LogP contribution in [0.4, 0.5) is 10.1 Å². The quantitative estimate of drug-likeness (QED) is 0.837. The first kappa shape index (κ1) is 16.7. The molecule has 0 saturated carbocycles. The molecule has 1 atom stereocenters. The summed E-state index contributed by atoms with van der Waals surface area (Å²) in [6, 6.07) is 7.70. The average molecular weight is 342 g/mol. The van der Waals surface area contributed by atoms with Gasteiger partial charge in [-0.3, -0.25) is 9.88 Å². The molecule has 0 N–H and O–H groups in total. The van der Waals surface area contributed by atoms with Crippen LogP contribution in [0.25, 0.3) is 10.9 Å². The Kier molecular flexibility index (Phi) is 4.61. The molecule has 0 spiro atoms. The molecule has 4 nitrogen and oxygen atoms in total. The van der Waals surface area contributed by atoms with Gasteiger partial charge in [-0.2, -0.15) is 0 Å². The summed E-state index contributed by atoms with van der Waals surface area (Å²) >= 11 is 0. The summed E-state index contributed by atoms with van der Waals surface area (Å²) in [5, 5.41) is 0.927. The number of hydrogen-bond donors (Lipinski definition) is 0. The zero-order valence-corrected chi connectivity index (χ0v) is 15.2. The lowest BCUT2D eigenvalue weighted by Crippen LogP contribution is -2.54.